The molecule has 0 atom stereocenters. The minimum Gasteiger partial charge on any atom is -0.478 e. The fraction of sp³-hybridized carbons (Fsp3) is 0.417. The first kappa shape index (κ1) is 14.7. The minimum absolute atomic E-state index is 0.00164. The van der Waals surface area contributed by atoms with Gasteiger partial charge in [-0.05, 0) is 37.5 Å². The third kappa shape index (κ3) is 3.54. The smallest absolute Gasteiger partial charge is 0.335 e. The van der Waals surface area contributed by atoms with Crippen LogP contribution in [-0.2, 0) is 9.84 Å². The van der Waals surface area contributed by atoms with Crippen LogP contribution in [0.4, 0.5) is 0 Å². The van der Waals surface area contributed by atoms with Crippen molar-refractivity contribution in [2.45, 2.75) is 24.7 Å². The number of carbonyl (C=O) groups is 1. The fourth-order valence-electron chi connectivity index (χ4n) is 1.55. The highest BCUT2D eigenvalue weighted by atomic mass is 32.2. The second-order valence-electron chi connectivity index (χ2n) is 4.03. The first-order chi connectivity index (χ1) is 8.38. The Hall–Kier alpha value is -1.40. The maximum absolute atomic E-state index is 11.9. The van der Waals surface area contributed by atoms with Gasteiger partial charge in [0, 0.05) is 6.61 Å². The number of benzene rings is 1. The zero-order chi connectivity index (χ0) is 13.8. The Morgan fingerprint density at radius 3 is 2.50 bits per heavy atom. The number of hydrogen-bond acceptors (Lipinski definition) is 4. The van der Waals surface area contributed by atoms with Crippen LogP contribution in [-0.4, -0.2) is 37.0 Å². The third-order valence-corrected chi connectivity index (χ3v) is 4.42. The highest BCUT2D eigenvalue weighted by Crippen LogP contribution is 2.18. The van der Waals surface area contributed by atoms with Crippen molar-refractivity contribution in [2.75, 3.05) is 12.4 Å². The number of rotatable bonds is 6. The normalized spacial score (nSPS) is 11.4. The van der Waals surface area contributed by atoms with Crippen molar-refractivity contribution in [2.24, 2.45) is 0 Å². The SMILES string of the molecule is Cc1ccc(S(=O)(=O)CCCCO)cc1C(=O)O. The summed E-state index contributed by atoms with van der Waals surface area (Å²) in [6.45, 7) is 1.56. The number of sulfone groups is 1. The molecule has 0 radical (unpaired) electrons. The fourth-order valence-corrected chi connectivity index (χ4v) is 2.94. The van der Waals surface area contributed by atoms with E-state index >= 15 is 0 Å². The molecule has 0 aliphatic rings. The van der Waals surface area contributed by atoms with Crippen molar-refractivity contribution in [1.29, 1.82) is 0 Å². The van der Waals surface area contributed by atoms with E-state index in [2.05, 4.69) is 0 Å². The van der Waals surface area contributed by atoms with Crippen LogP contribution in [0.3, 0.4) is 0 Å². The van der Waals surface area contributed by atoms with Crippen LogP contribution < -0.4 is 0 Å². The molecule has 0 aliphatic heterocycles. The quantitative estimate of drug-likeness (QED) is 0.760. The first-order valence-electron chi connectivity index (χ1n) is 5.56. The topological polar surface area (TPSA) is 91.7 Å². The molecule has 1 aromatic carbocycles. The molecule has 0 saturated carbocycles. The van der Waals surface area contributed by atoms with Crippen LogP contribution >= 0.6 is 0 Å². The molecular formula is C12H16O5S. The molecule has 0 bridgehead atoms. The van der Waals surface area contributed by atoms with Gasteiger partial charge in [0.1, 0.15) is 0 Å². The van der Waals surface area contributed by atoms with E-state index in [0.717, 1.165) is 0 Å². The zero-order valence-electron chi connectivity index (χ0n) is 10.1. The highest BCUT2D eigenvalue weighted by Gasteiger charge is 2.17. The molecule has 5 nitrogen and oxygen atoms in total. The molecule has 6 heteroatoms. The second kappa shape index (κ2) is 5.97. The van der Waals surface area contributed by atoms with Gasteiger partial charge in [-0.25, -0.2) is 13.2 Å². The van der Waals surface area contributed by atoms with E-state index in [0.29, 0.717) is 18.4 Å². The van der Waals surface area contributed by atoms with Gasteiger partial charge >= 0.3 is 5.97 Å². The molecular weight excluding hydrogens is 256 g/mol. The summed E-state index contributed by atoms with van der Waals surface area (Å²) in [4.78, 5) is 11.0. The highest BCUT2D eigenvalue weighted by molar-refractivity contribution is 7.91. The number of hydrogen-bond donors (Lipinski definition) is 2. The molecule has 1 rings (SSSR count). The van der Waals surface area contributed by atoms with Gasteiger partial charge in [-0.2, -0.15) is 0 Å². The summed E-state index contributed by atoms with van der Waals surface area (Å²) in [6.07, 6.45) is 0.770. The Balaban J connectivity index is 3.02. The predicted octanol–water partition coefficient (Wildman–Crippen LogP) is 1.24. The third-order valence-electron chi connectivity index (χ3n) is 2.62. The van der Waals surface area contributed by atoms with E-state index in [1.807, 2.05) is 0 Å². The lowest BCUT2D eigenvalue weighted by atomic mass is 10.1. The van der Waals surface area contributed by atoms with Crippen LogP contribution in [0.25, 0.3) is 0 Å². The molecule has 0 spiro atoms. The van der Waals surface area contributed by atoms with Crippen LogP contribution in [0.1, 0.15) is 28.8 Å². The summed E-state index contributed by atoms with van der Waals surface area (Å²) in [7, 11) is -3.48. The molecule has 0 heterocycles. The Bertz CT molecular complexity index is 533. The van der Waals surface area contributed by atoms with Crippen molar-refractivity contribution >= 4 is 15.8 Å². The maximum atomic E-state index is 11.9. The van der Waals surface area contributed by atoms with Gasteiger partial charge in [-0.1, -0.05) is 6.07 Å². The molecule has 0 aliphatic carbocycles. The summed E-state index contributed by atoms with van der Waals surface area (Å²) in [6, 6.07) is 4.09. The van der Waals surface area contributed by atoms with Crippen molar-refractivity contribution in [3.63, 3.8) is 0 Å². The van der Waals surface area contributed by atoms with Crippen LogP contribution in [0.5, 0.6) is 0 Å². The Morgan fingerprint density at radius 2 is 1.94 bits per heavy atom. The summed E-state index contributed by atoms with van der Waals surface area (Å²) in [5.74, 6) is -1.23. The molecule has 100 valence electrons. The van der Waals surface area contributed by atoms with Gasteiger partial charge in [-0.15, -0.1) is 0 Å². The van der Waals surface area contributed by atoms with Crippen molar-refractivity contribution < 1.29 is 23.4 Å². The van der Waals surface area contributed by atoms with Gasteiger partial charge in [0.15, 0.2) is 9.84 Å². The molecule has 2 N–H and O–H groups in total. The number of aromatic carboxylic acids is 1. The number of aliphatic hydroxyl groups is 1. The lowest BCUT2D eigenvalue weighted by Gasteiger charge is -2.07. The van der Waals surface area contributed by atoms with E-state index in [9.17, 15) is 13.2 Å². The van der Waals surface area contributed by atoms with E-state index in [1.165, 1.54) is 18.2 Å². The van der Waals surface area contributed by atoms with Gasteiger partial charge in [0.2, 0.25) is 0 Å². The average Bonchev–Trinajstić information content (AvgIpc) is 2.29. The van der Waals surface area contributed by atoms with Crippen LogP contribution in [0.2, 0.25) is 0 Å². The van der Waals surface area contributed by atoms with Crippen LogP contribution in [0, 0.1) is 6.92 Å². The van der Waals surface area contributed by atoms with Gasteiger partial charge < -0.3 is 10.2 Å². The lowest BCUT2D eigenvalue weighted by Crippen LogP contribution is -2.09. The molecule has 1 aromatic rings. The van der Waals surface area contributed by atoms with Gasteiger partial charge in [0.25, 0.3) is 0 Å². The number of aryl methyl sites for hydroxylation is 1. The number of carboxylic acids is 1. The second-order valence-corrected chi connectivity index (χ2v) is 6.14. The molecule has 18 heavy (non-hydrogen) atoms. The number of carboxylic acid groups (broad SMARTS) is 1. The molecule has 0 fully saturated rings. The predicted molar refractivity (Wildman–Crippen MR) is 66.5 cm³/mol. The lowest BCUT2D eigenvalue weighted by molar-refractivity contribution is 0.0696. The van der Waals surface area contributed by atoms with E-state index in [1.54, 1.807) is 6.92 Å². The Labute approximate surface area is 106 Å². The van der Waals surface area contributed by atoms with E-state index in [4.69, 9.17) is 10.2 Å². The molecule has 0 saturated heterocycles. The van der Waals surface area contributed by atoms with Crippen molar-refractivity contribution in [3.8, 4) is 0 Å². The maximum Gasteiger partial charge on any atom is 0.335 e. The monoisotopic (exact) mass is 272 g/mol. The van der Waals surface area contributed by atoms with Gasteiger partial charge in [-0.3, -0.25) is 0 Å². The summed E-state index contributed by atoms with van der Waals surface area (Å²) in [5.41, 5.74) is 0.523. The largest absolute Gasteiger partial charge is 0.478 e. The number of aliphatic hydroxyl groups excluding tert-OH is 1. The zero-order valence-corrected chi connectivity index (χ0v) is 10.9. The van der Waals surface area contributed by atoms with Crippen molar-refractivity contribution in [1.82, 2.24) is 0 Å². The molecule has 0 amide bonds. The summed E-state index contributed by atoms with van der Waals surface area (Å²) < 4.78 is 23.8. The number of unbranched alkanes of at least 4 members (excludes halogenated alkanes) is 1. The van der Waals surface area contributed by atoms with Gasteiger partial charge in [0.05, 0.1) is 16.2 Å². The molecule has 0 unspecified atom stereocenters. The van der Waals surface area contributed by atoms with E-state index < -0.39 is 15.8 Å². The Kier molecular flexibility index (Phi) is 4.86. The standard InChI is InChI=1S/C12H16O5S/c1-9-4-5-10(8-11(9)12(14)15)18(16,17)7-3-2-6-13/h4-5,8,13H,2-3,6-7H2,1H3,(H,14,15). The summed E-state index contributed by atoms with van der Waals surface area (Å²) in [5, 5.41) is 17.6. The summed E-state index contributed by atoms with van der Waals surface area (Å²) >= 11 is 0. The molecule has 0 aromatic heterocycles. The average molecular weight is 272 g/mol. The Morgan fingerprint density at radius 1 is 1.28 bits per heavy atom. The first-order valence-corrected chi connectivity index (χ1v) is 7.21. The van der Waals surface area contributed by atoms with Crippen molar-refractivity contribution in [3.05, 3.63) is 29.3 Å². The van der Waals surface area contributed by atoms with Crippen LogP contribution in [0.15, 0.2) is 23.1 Å². The van der Waals surface area contributed by atoms with E-state index in [-0.39, 0.29) is 22.8 Å². The minimum atomic E-state index is -3.48.